The third kappa shape index (κ3) is 5.79. The minimum absolute atomic E-state index is 0.0200. The number of amides is 1. The molecule has 1 aliphatic rings. The highest BCUT2D eigenvalue weighted by Gasteiger charge is 2.32. The summed E-state index contributed by atoms with van der Waals surface area (Å²) in [5, 5.41) is 3.10. The van der Waals surface area contributed by atoms with Gasteiger partial charge in [0.2, 0.25) is 5.91 Å². The van der Waals surface area contributed by atoms with E-state index < -0.39 is 0 Å². The first kappa shape index (κ1) is 20.3. The molecule has 152 valence electrons. The lowest BCUT2D eigenvalue weighted by Crippen LogP contribution is -2.47. The monoisotopic (exact) mass is 385 g/mol. The standard InChI is InChI=1S/C21H31N5O2/c1-3-4-8-24-21(27)18-11-17(16-28-19-6-5-7-22-12-19)13-26(14-18)15-20-23-9-10-25(20)2/h5-7,9-10,12,17-18H,3-4,8,11,13-16H2,1-2H3,(H,24,27)/t17-,18+/m0/s1. The molecule has 7 heteroatoms. The Balaban J connectivity index is 1.62. The van der Waals surface area contributed by atoms with Crippen LogP contribution in [-0.4, -0.2) is 51.6 Å². The van der Waals surface area contributed by atoms with E-state index in [1.807, 2.05) is 36.1 Å². The van der Waals surface area contributed by atoms with Crippen LogP contribution in [-0.2, 0) is 18.4 Å². The number of hydrogen-bond acceptors (Lipinski definition) is 5. The fraction of sp³-hybridized carbons (Fsp3) is 0.571. The van der Waals surface area contributed by atoms with Crippen molar-refractivity contribution in [3.8, 4) is 5.75 Å². The van der Waals surface area contributed by atoms with Crippen LogP contribution in [0.4, 0.5) is 0 Å². The predicted octanol–water partition coefficient (Wildman–Crippen LogP) is 2.25. The minimum Gasteiger partial charge on any atom is -0.492 e. The lowest BCUT2D eigenvalue weighted by molar-refractivity contribution is -0.127. The average Bonchev–Trinajstić information content (AvgIpc) is 3.11. The largest absolute Gasteiger partial charge is 0.492 e. The Morgan fingerprint density at radius 3 is 2.96 bits per heavy atom. The van der Waals surface area contributed by atoms with Crippen LogP contribution in [0.1, 0.15) is 32.0 Å². The summed E-state index contributed by atoms with van der Waals surface area (Å²) in [5.41, 5.74) is 0. The van der Waals surface area contributed by atoms with E-state index in [0.29, 0.717) is 6.61 Å². The maximum Gasteiger partial charge on any atom is 0.224 e. The molecule has 7 nitrogen and oxygen atoms in total. The molecule has 3 heterocycles. The maximum atomic E-state index is 12.7. The van der Waals surface area contributed by atoms with E-state index >= 15 is 0 Å². The second kappa shape index (κ2) is 10.2. The van der Waals surface area contributed by atoms with E-state index in [1.54, 1.807) is 12.4 Å². The number of unbranched alkanes of at least 4 members (excludes halogenated alkanes) is 1. The third-order valence-electron chi connectivity index (χ3n) is 5.22. The number of ether oxygens (including phenoxy) is 1. The maximum absolute atomic E-state index is 12.7. The smallest absolute Gasteiger partial charge is 0.224 e. The van der Waals surface area contributed by atoms with Crippen LogP contribution in [0.25, 0.3) is 0 Å². The molecule has 2 atom stereocenters. The highest BCUT2D eigenvalue weighted by Crippen LogP contribution is 2.24. The number of nitrogens with zero attached hydrogens (tertiary/aromatic N) is 4. The van der Waals surface area contributed by atoms with Crippen LogP contribution in [0.3, 0.4) is 0 Å². The molecule has 1 N–H and O–H groups in total. The molecule has 0 unspecified atom stereocenters. The number of likely N-dealkylation sites (tertiary alicyclic amines) is 1. The van der Waals surface area contributed by atoms with E-state index in [9.17, 15) is 4.79 Å². The van der Waals surface area contributed by atoms with E-state index in [4.69, 9.17) is 4.74 Å². The predicted molar refractivity (Wildman–Crippen MR) is 108 cm³/mol. The molecular weight excluding hydrogens is 354 g/mol. The molecule has 3 rings (SSSR count). The Morgan fingerprint density at radius 1 is 1.36 bits per heavy atom. The highest BCUT2D eigenvalue weighted by atomic mass is 16.5. The van der Waals surface area contributed by atoms with Gasteiger partial charge in [-0.05, 0) is 25.0 Å². The van der Waals surface area contributed by atoms with Crippen molar-refractivity contribution in [3.63, 3.8) is 0 Å². The minimum atomic E-state index is -0.0200. The first-order chi connectivity index (χ1) is 13.7. The normalized spacial score (nSPS) is 20.1. The Labute approximate surface area is 167 Å². The number of nitrogens with one attached hydrogen (secondary N) is 1. The second-order valence-corrected chi connectivity index (χ2v) is 7.59. The molecule has 1 fully saturated rings. The van der Waals surface area contributed by atoms with Crippen molar-refractivity contribution in [1.29, 1.82) is 0 Å². The first-order valence-corrected chi connectivity index (χ1v) is 10.1. The summed E-state index contributed by atoms with van der Waals surface area (Å²) in [7, 11) is 2.00. The van der Waals surface area contributed by atoms with Gasteiger partial charge in [0.25, 0.3) is 0 Å². The zero-order valence-electron chi connectivity index (χ0n) is 16.9. The second-order valence-electron chi connectivity index (χ2n) is 7.59. The molecule has 1 aliphatic heterocycles. The molecule has 0 bridgehead atoms. The quantitative estimate of drug-likeness (QED) is 0.671. The van der Waals surface area contributed by atoms with Crippen molar-refractivity contribution in [2.24, 2.45) is 18.9 Å². The van der Waals surface area contributed by atoms with Gasteiger partial charge in [-0.2, -0.15) is 0 Å². The molecule has 2 aromatic rings. The van der Waals surface area contributed by atoms with Gasteiger partial charge < -0.3 is 14.6 Å². The van der Waals surface area contributed by atoms with Gasteiger partial charge in [-0.25, -0.2) is 4.98 Å². The van der Waals surface area contributed by atoms with Crippen LogP contribution in [0.15, 0.2) is 36.9 Å². The summed E-state index contributed by atoms with van der Waals surface area (Å²) in [4.78, 5) is 23.6. The summed E-state index contributed by atoms with van der Waals surface area (Å²) in [6.07, 6.45) is 10.2. The Bertz CT molecular complexity index is 733. The van der Waals surface area contributed by atoms with Gasteiger partial charge in [-0.3, -0.25) is 14.7 Å². The number of aromatic nitrogens is 3. The van der Waals surface area contributed by atoms with Gasteiger partial charge in [-0.15, -0.1) is 0 Å². The van der Waals surface area contributed by atoms with Crippen molar-refractivity contribution >= 4 is 5.91 Å². The van der Waals surface area contributed by atoms with E-state index in [-0.39, 0.29) is 17.7 Å². The molecular formula is C21H31N5O2. The lowest BCUT2D eigenvalue weighted by Gasteiger charge is -2.36. The highest BCUT2D eigenvalue weighted by molar-refractivity contribution is 5.79. The molecule has 0 spiro atoms. The fourth-order valence-corrected chi connectivity index (χ4v) is 3.67. The summed E-state index contributed by atoms with van der Waals surface area (Å²) in [5.74, 6) is 2.21. The Kier molecular flexibility index (Phi) is 7.42. The number of carbonyl (C=O) groups excluding carboxylic acids is 1. The summed E-state index contributed by atoms with van der Waals surface area (Å²) in [6.45, 7) is 5.86. The number of carbonyl (C=O) groups is 1. The van der Waals surface area contributed by atoms with Gasteiger partial charge in [0.05, 0.1) is 25.3 Å². The van der Waals surface area contributed by atoms with Crippen LogP contribution >= 0.6 is 0 Å². The number of hydrogen-bond donors (Lipinski definition) is 1. The van der Waals surface area contributed by atoms with Crippen molar-refractivity contribution in [1.82, 2.24) is 24.8 Å². The molecule has 0 radical (unpaired) electrons. The first-order valence-electron chi connectivity index (χ1n) is 10.1. The molecule has 28 heavy (non-hydrogen) atoms. The van der Waals surface area contributed by atoms with Crippen LogP contribution in [0.5, 0.6) is 5.75 Å². The number of rotatable bonds is 9. The number of aryl methyl sites for hydroxylation is 1. The van der Waals surface area contributed by atoms with Crippen molar-refractivity contribution < 1.29 is 9.53 Å². The van der Waals surface area contributed by atoms with Gasteiger partial charge in [0.15, 0.2) is 0 Å². The number of imidazole rings is 1. The van der Waals surface area contributed by atoms with Crippen molar-refractivity contribution in [2.75, 3.05) is 26.2 Å². The van der Waals surface area contributed by atoms with Gasteiger partial charge in [0, 0.05) is 51.2 Å². The summed E-state index contributed by atoms with van der Waals surface area (Å²) in [6, 6.07) is 3.78. The summed E-state index contributed by atoms with van der Waals surface area (Å²) >= 11 is 0. The Hall–Kier alpha value is -2.41. The molecule has 1 amide bonds. The third-order valence-corrected chi connectivity index (χ3v) is 5.22. The van der Waals surface area contributed by atoms with Crippen LogP contribution in [0.2, 0.25) is 0 Å². The SMILES string of the molecule is CCCCNC(=O)[C@@H]1C[C@H](COc2cccnc2)CN(Cc2nccn2C)C1. The summed E-state index contributed by atoms with van der Waals surface area (Å²) < 4.78 is 7.97. The number of piperidine rings is 1. The van der Waals surface area contributed by atoms with Crippen molar-refractivity contribution in [2.45, 2.75) is 32.7 Å². The molecule has 0 saturated carbocycles. The zero-order valence-corrected chi connectivity index (χ0v) is 16.9. The fourth-order valence-electron chi connectivity index (χ4n) is 3.67. The van der Waals surface area contributed by atoms with Gasteiger partial charge in [-0.1, -0.05) is 13.3 Å². The molecule has 1 saturated heterocycles. The molecule has 0 aliphatic carbocycles. The van der Waals surface area contributed by atoms with E-state index in [1.165, 1.54) is 0 Å². The van der Waals surface area contributed by atoms with Gasteiger partial charge >= 0.3 is 0 Å². The average molecular weight is 386 g/mol. The van der Waals surface area contributed by atoms with Crippen LogP contribution in [0, 0.1) is 11.8 Å². The molecule has 0 aromatic carbocycles. The molecule has 2 aromatic heterocycles. The van der Waals surface area contributed by atoms with E-state index in [2.05, 4.69) is 27.1 Å². The van der Waals surface area contributed by atoms with Crippen LogP contribution < -0.4 is 10.1 Å². The number of pyridine rings is 1. The zero-order chi connectivity index (χ0) is 19.8. The topological polar surface area (TPSA) is 72.3 Å². The Morgan fingerprint density at radius 2 is 2.25 bits per heavy atom. The van der Waals surface area contributed by atoms with Gasteiger partial charge in [0.1, 0.15) is 11.6 Å². The lowest BCUT2D eigenvalue weighted by atomic mass is 9.89. The van der Waals surface area contributed by atoms with Crippen molar-refractivity contribution in [3.05, 3.63) is 42.7 Å². The van der Waals surface area contributed by atoms with E-state index in [0.717, 1.165) is 57.0 Å².